The van der Waals surface area contributed by atoms with Crippen molar-refractivity contribution in [2.75, 3.05) is 19.8 Å². The van der Waals surface area contributed by atoms with Gasteiger partial charge in [0.1, 0.15) is 0 Å². The molecule has 0 aliphatic rings. The van der Waals surface area contributed by atoms with Crippen molar-refractivity contribution in [3.63, 3.8) is 0 Å². The third-order valence-electron chi connectivity index (χ3n) is 1.77. The molecule has 3 nitrogen and oxygen atoms in total. The molecule has 0 aliphatic heterocycles. The second-order valence-electron chi connectivity index (χ2n) is 3.02. The van der Waals surface area contributed by atoms with Gasteiger partial charge in [0.05, 0.1) is 12.7 Å². The Morgan fingerprint density at radius 3 is 3.14 bits per heavy atom. The normalized spacial score (nSPS) is 13.0. The number of aliphatic hydroxyl groups excluding tert-OH is 1. The molecule has 2 N–H and O–H groups in total. The highest BCUT2D eigenvalue weighted by Gasteiger charge is 2.02. The Bertz CT molecular complexity index is 226. The van der Waals surface area contributed by atoms with Crippen LogP contribution in [0, 0.1) is 0 Å². The van der Waals surface area contributed by atoms with Gasteiger partial charge >= 0.3 is 0 Å². The van der Waals surface area contributed by atoms with Crippen LogP contribution in [-0.4, -0.2) is 31.0 Å². The molecular weight excluding hydrogens is 198 g/mol. The summed E-state index contributed by atoms with van der Waals surface area (Å²) in [5, 5.41) is 14.7. The second-order valence-corrected chi connectivity index (χ2v) is 4.06. The first-order valence-corrected chi connectivity index (χ1v) is 5.69. The molecule has 0 fully saturated rings. The van der Waals surface area contributed by atoms with Crippen molar-refractivity contribution >= 4 is 11.3 Å². The van der Waals surface area contributed by atoms with E-state index in [-0.39, 0.29) is 0 Å². The predicted octanol–water partition coefficient (Wildman–Crippen LogP) is 1.24. The van der Waals surface area contributed by atoms with E-state index < -0.39 is 6.10 Å². The molecule has 0 aliphatic carbocycles. The van der Waals surface area contributed by atoms with Crippen LogP contribution in [0.3, 0.4) is 0 Å². The van der Waals surface area contributed by atoms with Gasteiger partial charge in [-0.2, -0.15) is 0 Å². The van der Waals surface area contributed by atoms with Crippen LogP contribution < -0.4 is 5.32 Å². The summed E-state index contributed by atoms with van der Waals surface area (Å²) in [5.74, 6) is 0. The predicted molar refractivity (Wildman–Crippen MR) is 58.5 cm³/mol. The van der Waals surface area contributed by atoms with Crippen LogP contribution in [0.2, 0.25) is 0 Å². The Kier molecular flexibility index (Phi) is 5.78. The molecular formula is C10H17NO2S. The van der Waals surface area contributed by atoms with Crippen molar-refractivity contribution in [1.29, 1.82) is 0 Å². The first-order chi connectivity index (χ1) is 6.83. The Morgan fingerprint density at radius 1 is 1.64 bits per heavy atom. The highest BCUT2D eigenvalue weighted by molar-refractivity contribution is 7.09. The molecule has 1 aromatic rings. The van der Waals surface area contributed by atoms with Gasteiger partial charge in [0.25, 0.3) is 0 Å². The highest BCUT2D eigenvalue weighted by atomic mass is 32.1. The van der Waals surface area contributed by atoms with E-state index in [4.69, 9.17) is 4.74 Å². The number of rotatable bonds is 7. The zero-order chi connectivity index (χ0) is 10.2. The molecule has 4 heteroatoms. The molecule has 0 saturated carbocycles. The minimum absolute atomic E-state index is 0.407. The van der Waals surface area contributed by atoms with Crippen LogP contribution >= 0.6 is 11.3 Å². The van der Waals surface area contributed by atoms with Crippen molar-refractivity contribution < 1.29 is 9.84 Å². The maximum Gasteiger partial charge on any atom is 0.0897 e. The summed E-state index contributed by atoms with van der Waals surface area (Å²) in [5.41, 5.74) is 0. The van der Waals surface area contributed by atoms with E-state index in [0.717, 1.165) is 6.54 Å². The van der Waals surface area contributed by atoms with E-state index in [1.807, 2.05) is 18.4 Å². The lowest BCUT2D eigenvalue weighted by molar-refractivity contribution is 0.0427. The third-order valence-corrected chi connectivity index (χ3v) is 2.65. The molecule has 1 rings (SSSR count). The zero-order valence-corrected chi connectivity index (χ0v) is 9.22. The molecule has 1 heterocycles. The molecule has 0 aromatic carbocycles. The van der Waals surface area contributed by atoms with Gasteiger partial charge in [-0.25, -0.2) is 0 Å². The molecule has 0 amide bonds. The minimum Gasteiger partial charge on any atom is -0.389 e. The maximum atomic E-state index is 9.42. The molecule has 14 heavy (non-hydrogen) atoms. The van der Waals surface area contributed by atoms with Gasteiger partial charge in [-0.15, -0.1) is 11.3 Å². The summed E-state index contributed by atoms with van der Waals surface area (Å²) in [6, 6.07) is 4.10. The number of thiophene rings is 1. The summed E-state index contributed by atoms with van der Waals surface area (Å²) >= 11 is 1.72. The number of hydrogen-bond acceptors (Lipinski definition) is 4. The standard InChI is InChI=1S/C10H17NO2S/c1-2-13-8-9(12)6-11-7-10-4-3-5-14-10/h3-5,9,11-12H,2,6-8H2,1H3. The van der Waals surface area contributed by atoms with E-state index in [1.165, 1.54) is 4.88 Å². The van der Waals surface area contributed by atoms with Gasteiger partial charge in [-0.3, -0.25) is 0 Å². The van der Waals surface area contributed by atoms with Crippen LogP contribution in [-0.2, 0) is 11.3 Å². The molecule has 1 aromatic heterocycles. The van der Waals surface area contributed by atoms with E-state index in [2.05, 4.69) is 11.4 Å². The summed E-state index contributed by atoms with van der Waals surface area (Å²) < 4.78 is 5.10. The first kappa shape index (κ1) is 11.7. The lowest BCUT2D eigenvalue weighted by atomic mass is 10.3. The average Bonchev–Trinajstić information content (AvgIpc) is 2.67. The van der Waals surface area contributed by atoms with Gasteiger partial charge in [0.15, 0.2) is 0 Å². The van der Waals surface area contributed by atoms with Gasteiger partial charge in [0, 0.05) is 24.6 Å². The monoisotopic (exact) mass is 215 g/mol. The fourth-order valence-corrected chi connectivity index (χ4v) is 1.76. The van der Waals surface area contributed by atoms with Crippen LogP contribution in [0.5, 0.6) is 0 Å². The lowest BCUT2D eigenvalue weighted by Gasteiger charge is -2.10. The number of nitrogens with one attached hydrogen (secondary N) is 1. The smallest absolute Gasteiger partial charge is 0.0897 e. The molecule has 0 spiro atoms. The topological polar surface area (TPSA) is 41.5 Å². The van der Waals surface area contributed by atoms with E-state index in [9.17, 15) is 5.11 Å². The van der Waals surface area contributed by atoms with Crippen LogP contribution in [0.1, 0.15) is 11.8 Å². The van der Waals surface area contributed by atoms with E-state index in [0.29, 0.717) is 19.8 Å². The summed E-state index contributed by atoms with van der Waals surface area (Å²) in [6.45, 7) is 4.39. The largest absolute Gasteiger partial charge is 0.389 e. The van der Waals surface area contributed by atoms with Gasteiger partial charge in [0.2, 0.25) is 0 Å². The lowest BCUT2D eigenvalue weighted by Crippen LogP contribution is -2.29. The Morgan fingerprint density at radius 2 is 2.50 bits per heavy atom. The third kappa shape index (κ3) is 4.72. The minimum atomic E-state index is -0.407. The van der Waals surface area contributed by atoms with Crippen LogP contribution in [0.25, 0.3) is 0 Å². The second kappa shape index (κ2) is 6.95. The van der Waals surface area contributed by atoms with Crippen molar-refractivity contribution in [3.05, 3.63) is 22.4 Å². The molecule has 80 valence electrons. The highest BCUT2D eigenvalue weighted by Crippen LogP contribution is 2.07. The van der Waals surface area contributed by atoms with Crippen molar-refractivity contribution in [3.8, 4) is 0 Å². The average molecular weight is 215 g/mol. The number of ether oxygens (including phenoxy) is 1. The summed E-state index contributed by atoms with van der Waals surface area (Å²) in [4.78, 5) is 1.29. The maximum absolute atomic E-state index is 9.42. The number of hydrogen-bond donors (Lipinski definition) is 2. The van der Waals surface area contributed by atoms with Crippen molar-refractivity contribution in [2.24, 2.45) is 0 Å². The van der Waals surface area contributed by atoms with E-state index in [1.54, 1.807) is 11.3 Å². The summed E-state index contributed by atoms with van der Waals surface area (Å²) in [7, 11) is 0. The fraction of sp³-hybridized carbons (Fsp3) is 0.600. The Balaban J connectivity index is 2.03. The molecule has 1 atom stereocenters. The zero-order valence-electron chi connectivity index (χ0n) is 8.40. The molecule has 0 radical (unpaired) electrons. The number of aliphatic hydroxyl groups is 1. The van der Waals surface area contributed by atoms with Gasteiger partial charge in [-0.05, 0) is 18.4 Å². The van der Waals surface area contributed by atoms with Crippen molar-refractivity contribution in [2.45, 2.75) is 19.6 Å². The fourth-order valence-electron chi connectivity index (χ4n) is 1.09. The Hall–Kier alpha value is -0.420. The molecule has 0 bridgehead atoms. The quantitative estimate of drug-likeness (QED) is 0.719. The Labute approximate surface area is 88.7 Å². The molecule has 0 saturated heterocycles. The van der Waals surface area contributed by atoms with Gasteiger partial charge < -0.3 is 15.2 Å². The SMILES string of the molecule is CCOCC(O)CNCc1cccs1. The van der Waals surface area contributed by atoms with Gasteiger partial charge in [-0.1, -0.05) is 6.07 Å². The van der Waals surface area contributed by atoms with Crippen LogP contribution in [0.4, 0.5) is 0 Å². The first-order valence-electron chi connectivity index (χ1n) is 4.81. The summed E-state index contributed by atoms with van der Waals surface area (Å²) in [6.07, 6.45) is -0.407. The van der Waals surface area contributed by atoms with Crippen LogP contribution in [0.15, 0.2) is 17.5 Å². The van der Waals surface area contributed by atoms with Crippen molar-refractivity contribution in [1.82, 2.24) is 5.32 Å². The molecule has 1 unspecified atom stereocenters. The van der Waals surface area contributed by atoms with E-state index >= 15 is 0 Å².